The molecule has 2 aromatic rings. The van der Waals surface area contributed by atoms with Gasteiger partial charge in [-0.15, -0.1) is 0 Å². The summed E-state index contributed by atoms with van der Waals surface area (Å²) in [5.74, 6) is -0.238. The Morgan fingerprint density at radius 3 is 2.83 bits per heavy atom. The zero-order valence-corrected chi connectivity index (χ0v) is 10.2. The number of nitrogens with one attached hydrogen (secondary N) is 1. The van der Waals surface area contributed by atoms with Crippen molar-refractivity contribution in [2.45, 2.75) is 6.92 Å². The van der Waals surface area contributed by atoms with Crippen LogP contribution >= 0.6 is 0 Å². The van der Waals surface area contributed by atoms with Gasteiger partial charge in [-0.05, 0) is 24.6 Å². The molecule has 0 saturated carbocycles. The Labute approximate surface area is 104 Å². The summed E-state index contributed by atoms with van der Waals surface area (Å²) in [6.45, 7) is 1.92. The highest BCUT2D eigenvalue weighted by molar-refractivity contribution is 5.91. The lowest BCUT2D eigenvalue weighted by Gasteiger charge is -2.06. The smallest absolute Gasteiger partial charge is 0.271 e. The van der Waals surface area contributed by atoms with Crippen LogP contribution in [-0.2, 0) is 0 Å². The molecule has 5 heteroatoms. The molecule has 0 aliphatic carbocycles. The van der Waals surface area contributed by atoms with Gasteiger partial charge in [0.1, 0.15) is 6.29 Å². The maximum Gasteiger partial charge on any atom is 0.271 e. The fourth-order valence-corrected chi connectivity index (χ4v) is 1.65. The van der Waals surface area contributed by atoms with Gasteiger partial charge in [0.15, 0.2) is 5.69 Å². The Hall–Kier alpha value is -2.43. The molecule has 0 unspecified atom stereocenters. The number of carbonyl (C=O) groups is 2. The molecule has 0 fully saturated rings. The first-order valence-corrected chi connectivity index (χ1v) is 5.49. The van der Waals surface area contributed by atoms with Crippen LogP contribution in [0.2, 0.25) is 0 Å². The number of hydrogen-bond donors (Lipinski definition) is 1. The second-order valence-electron chi connectivity index (χ2n) is 3.89. The third-order valence-corrected chi connectivity index (χ3v) is 2.66. The number of rotatable bonds is 3. The quantitative estimate of drug-likeness (QED) is 0.828. The first-order valence-electron chi connectivity index (χ1n) is 5.49. The Kier molecular flexibility index (Phi) is 3.23. The van der Waals surface area contributed by atoms with Crippen molar-refractivity contribution in [1.29, 1.82) is 0 Å². The van der Waals surface area contributed by atoms with E-state index in [-0.39, 0.29) is 5.91 Å². The minimum absolute atomic E-state index is 0.238. The van der Waals surface area contributed by atoms with E-state index in [1.54, 1.807) is 36.1 Å². The Morgan fingerprint density at radius 1 is 1.39 bits per heavy atom. The third kappa shape index (κ3) is 2.15. The minimum Gasteiger partial charge on any atom is -0.354 e. The zero-order valence-electron chi connectivity index (χ0n) is 10.2. The number of aromatic nitrogens is 2. The second kappa shape index (κ2) is 4.83. The van der Waals surface area contributed by atoms with Crippen LogP contribution in [0.1, 0.15) is 26.4 Å². The summed E-state index contributed by atoms with van der Waals surface area (Å²) in [6, 6.07) is 6.96. The molecule has 5 nitrogen and oxygen atoms in total. The first-order chi connectivity index (χ1) is 8.65. The van der Waals surface area contributed by atoms with Gasteiger partial charge >= 0.3 is 0 Å². The van der Waals surface area contributed by atoms with Crippen LogP contribution in [0.5, 0.6) is 0 Å². The number of amides is 1. The summed E-state index contributed by atoms with van der Waals surface area (Å²) in [6.07, 6.45) is 2.48. The molecule has 0 atom stereocenters. The van der Waals surface area contributed by atoms with Gasteiger partial charge in [-0.3, -0.25) is 9.59 Å². The van der Waals surface area contributed by atoms with Gasteiger partial charge in [-0.2, -0.15) is 5.10 Å². The Bertz CT molecular complexity index is 602. The number of hydrogen-bond acceptors (Lipinski definition) is 3. The number of benzene rings is 1. The Balaban J connectivity index is 2.45. The van der Waals surface area contributed by atoms with E-state index < -0.39 is 0 Å². The lowest BCUT2D eigenvalue weighted by Crippen LogP contribution is -2.18. The van der Waals surface area contributed by atoms with Crippen LogP contribution in [0, 0.1) is 6.92 Å². The highest BCUT2D eigenvalue weighted by Crippen LogP contribution is 2.15. The van der Waals surface area contributed by atoms with Crippen LogP contribution in [-0.4, -0.2) is 29.0 Å². The predicted molar refractivity (Wildman–Crippen MR) is 67.1 cm³/mol. The molecular weight excluding hydrogens is 230 g/mol. The van der Waals surface area contributed by atoms with Gasteiger partial charge in [0, 0.05) is 18.8 Å². The molecule has 1 amide bonds. The fourth-order valence-electron chi connectivity index (χ4n) is 1.65. The van der Waals surface area contributed by atoms with Crippen molar-refractivity contribution in [3.05, 3.63) is 47.3 Å². The summed E-state index contributed by atoms with van der Waals surface area (Å²) < 4.78 is 1.59. The van der Waals surface area contributed by atoms with E-state index >= 15 is 0 Å². The molecule has 0 aliphatic heterocycles. The van der Waals surface area contributed by atoms with E-state index in [1.807, 2.05) is 13.0 Å². The molecule has 1 N–H and O–H groups in total. The van der Waals surface area contributed by atoms with E-state index in [0.717, 1.165) is 17.5 Å². The maximum atomic E-state index is 11.4. The highest BCUT2D eigenvalue weighted by Gasteiger charge is 2.09. The molecule has 0 bridgehead atoms. The normalized spacial score (nSPS) is 10.1. The summed E-state index contributed by atoms with van der Waals surface area (Å²) in [5.41, 5.74) is 2.68. The molecule has 1 heterocycles. The summed E-state index contributed by atoms with van der Waals surface area (Å²) in [7, 11) is 1.56. The van der Waals surface area contributed by atoms with Crippen molar-refractivity contribution < 1.29 is 9.59 Å². The molecule has 1 aromatic carbocycles. The van der Waals surface area contributed by atoms with Crippen molar-refractivity contribution in [3.63, 3.8) is 0 Å². The van der Waals surface area contributed by atoms with Crippen molar-refractivity contribution in [1.82, 2.24) is 15.1 Å². The van der Waals surface area contributed by atoms with Crippen LogP contribution in [0.3, 0.4) is 0 Å². The average Bonchev–Trinajstić information content (AvgIpc) is 2.88. The average molecular weight is 243 g/mol. The molecule has 0 saturated heterocycles. The van der Waals surface area contributed by atoms with Crippen molar-refractivity contribution in [2.24, 2.45) is 0 Å². The maximum absolute atomic E-state index is 11.4. The first kappa shape index (κ1) is 12.0. The lowest BCUT2D eigenvalue weighted by atomic mass is 10.1. The van der Waals surface area contributed by atoms with Crippen LogP contribution in [0.4, 0.5) is 0 Å². The number of aldehydes is 1. The molecule has 92 valence electrons. The molecule has 1 aromatic heterocycles. The number of aryl methyl sites for hydroxylation is 1. The molecule has 2 rings (SSSR count). The van der Waals surface area contributed by atoms with Crippen LogP contribution < -0.4 is 5.32 Å². The topological polar surface area (TPSA) is 64.0 Å². The molecule has 0 radical (unpaired) electrons. The van der Waals surface area contributed by atoms with Crippen molar-refractivity contribution in [3.8, 4) is 5.69 Å². The van der Waals surface area contributed by atoms with Gasteiger partial charge in [-0.1, -0.05) is 12.1 Å². The summed E-state index contributed by atoms with van der Waals surface area (Å²) in [5, 5.41) is 6.69. The van der Waals surface area contributed by atoms with E-state index in [9.17, 15) is 9.59 Å². The minimum atomic E-state index is -0.238. The standard InChI is InChI=1S/C13H13N3O2/c1-9-3-4-10(8-17)7-12(9)16-6-5-11(15-16)13(18)14-2/h3-8H,1-2H3,(H,14,18). The van der Waals surface area contributed by atoms with E-state index in [1.165, 1.54) is 0 Å². The third-order valence-electron chi connectivity index (χ3n) is 2.66. The highest BCUT2D eigenvalue weighted by atomic mass is 16.1. The van der Waals surface area contributed by atoms with E-state index in [0.29, 0.717) is 11.3 Å². The largest absolute Gasteiger partial charge is 0.354 e. The van der Waals surface area contributed by atoms with E-state index in [4.69, 9.17) is 0 Å². The Morgan fingerprint density at radius 2 is 2.17 bits per heavy atom. The van der Waals surface area contributed by atoms with Gasteiger partial charge in [-0.25, -0.2) is 4.68 Å². The van der Waals surface area contributed by atoms with Gasteiger partial charge in [0.05, 0.1) is 5.69 Å². The monoisotopic (exact) mass is 243 g/mol. The second-order valence-corrected chi connectivity index (χ2v) is 3.89. The summed E-state index contributed by atoms with van der Waals surface area (Å²) >= 11 is 0. The lowest BCUT2D eigenvalue weighted by molar-refractivity contribution is 0.0957. The van der Waals surface area contributed by atoms with E-state index in [2.05, 4.69) is 10.4 Å². The van der Waals surface area contributed by atoms with Gasteiger partial charge < -0.3 is 5.32 Å². The van der Waals surface area contributed by atoms with Gasteiger partial charge in [0.25, 0.3) is 5.91 Å². The summed E-state index contributed by atoms with van der Waals surface area (Å²) in [4.78, 5) is 22.2. The number of nitrogens with zero attached hydrogens (tertiary/aromatic N) is 2. The predicted octanol–water partition coefficient (Wildman–Crippen LogP) is 1.35. The fraction of sp³-hybridized carbons (Fsp3) is 0.154. The SMILES string of the molecule is CNC(=O)c1ccn(-c2cc(C=O)ccc2C)n1. The van der Waals surface area contributed by atoms with Crippen LogP contribution in [0.25, 0.3) is 5.69 Å². The van der Waals surface area contributed by atoms with Crippen LogP contribution in [0.15, 0.2) is 30.5 Å². The molecule has 0 aliphatic rings. The molecule has 18 heavy (non-hydrogen) atoms. The number of carbonyl (C=O) groups excluding carboxylic acids is 2. The molecule has 0 spiro atoms. The van der Waals surface area contributed by atoms with Crippen molar-refractivity contribution >= 4 is 12.2 Å². The van der Waals surface area contributed by atoms with Gasteiger partial charge in [0.2, 0.25) is 0 Å². The molecular formula is C13H13N3O2. The van der Waals surface area contributed by atoms with Crippen molar-refractivity contribution in [2.75, 3.05) is 7.05 Å². The zero-order chi connectivity index (χ0) is 13.1.